The standard InChI is InChI=1S/C11H22B6N2/c1-5(2)18-19-11-6(3)8(12)9(16-13)7(4)10(11)17(14)15/h16,19H,12-15H2,1-4H3. The van der Waals surface area contributed by atoms with E-state index in [4.69, 9.17) is 0 Å². The summed E-state index contributed by atoms with van der Waals surface area (Å²) in [5, 5.41) is 4.40. The molecule has 8 heteroatoms. The molecule has 1 N–H and O–H groups in total. The first-order chi connectivity index (χ1) is 8.81. The fourth-order valence-corrected chi connectivity index (χ4v) is 2.81. The van der Waals surface area contributed by atoms with E-state index in [1.165, 1.54) is 33.2 Å². The molecule has 0 aliphatic heterocycles. The van der Waals surface area contributed by atoms with E-state index < -0.39 is 0 Å². The molecule has 1 aromatic carbocycles. The molecule has 2 nitrogen and oxygen atoms in total. The van der Waals surface area contributed by atoms with Crippen molar-refractivity contribution >= 4 is 72.5 Å². The molecule has 94 valence electrons. The highest BCUT2D eigenvalue weighted by molar-refractivity contribution is 7.35. The van der Waals surface area contributed by atoms with Crippen LogP contribution in [0.15, 0.2) is 5.10 Å². The fraction of sp³-hybridized carbons (Fsp3) is 0.364. The molecular formula is C11H22B6N2. The molecule has 0 bridgehead atoms. The summed E-state index contributed by atoms with van der Waals surface area (Å²) in [6.45, 7) is 8.96. The molecule has 0 heterocycles. The van der Waals surface area contributed by atoms with Crippen molar-refractivity contribution in [1.82, 2.24) is 0 Å². The maximum absolute atomic E-state index is 4.40. The Labute approximate surface area is 122 Å². The van der Waals surface area contributed by atoms with Crippen molar-refractivity contribution < 1.29 is 0 Å². The predicted octanol–water partition coefficient (Wildman–Crippen LogP) is -4.06. The first kappa shape index (κ1) is 16.1. The normalized spacial score (nSPS) is 9.89. The number of nitrogens with one attached hydrogen (secondary N) is 1. The summed E-state index contributed by atoms with van der Waals surface area (Å²) in [5.74, 6) is 0. The van der Waals surface area contributed by atoms with Gasteiger partial charge in [-0.1, -0.05) is 22.0 Å². The van der Waals surface area contributed by atoms with Crippen LogP contribution in [0, 0.1) is 13.8 Å². The zero-order chi connectivity index (χ0) is 14.7. The topological polar surface area (TPSA) is 24.4 Å². The SMILES string of the molecule is BBc1c(B)c(C)c(NN=C(C)C)c(B(B)B)c1C. The van der Waals surface area contributed by atoms with Gasteiger partial charge in [0, 0.05) is 5.71 Å². The number of hydrazone groups is 1. The fourth-order valence-electron chi connectivity index (χ4n) is 2.81. The van der Waals surface area contributed by atoms with Crippen LogP contribution in [0.25, 0.3) is 0 Å². The molecule has 0 atom stereocenters. The highest BCUT2D eigenvalue weighted by atomic mass is 15.3. The van der Waals surface area contributed by atoms with E-state index >= 15 is 0 Å². The van der Waals surface area contributed by atoms with Crippen LogP contribution in [0.3, 0.4) is 0 Å². The summed E-state index contributed by atoms with van der Waals surface area (Å²) in [6, 6.07) is 0. The first-order valence-corrected chi connectivity index (χ1v) is 7.20. The third kappa shape index (κ3) is 3.34. The van der Waals surface area contributed by atoms with Crippen molar-refractivity contribution in [3.63, 3.8) is 0 Å². The Morgan fingerprint density at radius 3 is 2.21 bits per heavy atom. The minimum Gasteiger partial charge on any atom is -0.279 e. The molecule has 0 aliphatic carbocycles. The lowest BCUT2D eigenvalue weighted by Gasteiger charge is -2.23. The van der Waals surface area contributed by atoms with Gasteiger partial charge < -0.3 is 0 Å². The third-order valence-corrected chi connectivity index (χ3v) is 3.84. The lowest BCUT2D eigenvalue weighted by molar-refractivity contribution is 1.30. The van der Waals surface area contributed by atoms with Gasteiger partial charge in [-0.15, -0.1) is 0 Å². The summed E-state index contributed by atoms with van der Waals surface area (Å²) >= 11 is 0. The largest absolute Gasteiger partial charge is 0.279 e. The predicted molar refractivity (Wildman–Crippen MR) is 104 cm³/mol. The number of benzene rings is 1. The average molecular weight is 247 g/mol. The van der Waals surface area contributed by atoms with Gasteiger partial charge in [0.05, 0.1) is 28.9 Å². The van der Waals surface area contributed by atoms with Gasteiger partial charge in [0.1, 0.15) is 21.5 Å². The number of nitrogens with zero attached hydrogens (tertiary/aromatic N) is 1. The molecular weight excluding hydrogens is 225 g/mol. The lowest BCUT2D eigenvalue weighted by atomic mass is 9.16. The van der Waals surface area contributed by atoms with Crippen molar-refractivity contribution in [2.45, 2.75) is 27.7 Å². The highest BCUT2D eigenvalue weighted by Crippen LogP contribution is 2.11. The molecule has 0 saturated carbocycles. The number of hydrogen-bond donors (Lipinski definition) is 1. The molecule has 1 aromatic rings. The molecule has 0 radical (unpaired) electrons. The van der Waals surface area contributed by atoms with Crippen LogP contribution in [-0.4, -0.2) is 50.4 Å². The van der Waals surface area contributed by atoms with Crippen molar-refractivity contribution in [3.8, 4) is 0 Å². The van der Waals surface area contributed by atoms with E-state index in [-0.39, 0.29) is 0 Å². The number of anilines is 1. The van der Waals surface area contributed by atoms with E-state index in [1.807, 2.05) is 13.8 Å². The zero-order valence-electron chi connectivity index (χ0n) is 13.7. The van der Waals surface area contributed by atoms with E-state index in [9.17, 15) is 0 Å². The van der Waals surface area contributed by atoms with Crippen LogP contribution in [0.4, 0.5) is 5.69 Å². The first-order valence-electron chi connectivity index (χ1n) is 7.20. The Balaban J connectivity index is 3.55. The van der Waals surface area contributed by atoms with Gasteiger partial charge in [-0.25, -0.2) is 0 Å². The van der Waals surface area contributed by atoms with Crippen LogP contribution in [0.5, 0.6) is 0 Å². The summed E-state index contributed by atoms with van der Waals surface area (Å²) in [7, 11) is 10.1. The van der Waals surface area contributed by atoms with Crippen molar-refractivity contribution in [2.75, 3.05) is 5.43 Å². The van der Waals surface area contributed by atoms with Gasteiger partial charge in [-0.3, -0.25) is 5.43 Å². The van der Waals surface area contributed by atoms with E-state index in [1.54, 1.807) is 0 Å². The van der Waals surface area contributed by atoms with Gasteiger partial charge >= 0.3 is 0 Å². The lowest BCUT2D eigenvalue weighted by Crippen LogP contribution is -2.47. The quantitative estimate of drug-likeness (QED) is 0.327. The van der Waals surface area contributed by atoms with Crippen LogP contribution >= 0.6 is 0 Å². The molecule has 0 aliphatic rings. The maximum atomic E-state index is 4.40. The van der Waals surface area contributed by atoms with Crippen molar-refractivity contribution in [2.24, 2.45) is 5.10 Å². The molecule has 1 rings (SSSR count). The van der Waals surface area contributed by atoms with Crippen LogP contribution < -0.4 is 21.8 Å². The van der Waals surface area contributed by atoms with Crippen LogP contribution in [0.1, 0.15) is 25.0 Å². The third-order valence-electron chi connectivity index (χ3n) is 3.84. The molecule has 0 aromatic heterocycles. The Kier molecular flexibility index (Phi) is 5.51. The molecule has 0 unspecified atom stereocenters. The van der Waals surface area contributed by atoms with Gasteiger partial charge in [0.2, 0.25) is 0 Å². The molecule has 0 fully saturated rings. The van der Waals surface area contributed by atoms with E-state index in [0.29, 0.717) is 6.49 Å². The average Bonchev–Trinajstić information content (AvgIpc) is 2.31. The molecule has 0 saturated heterocycles. The molecule has 0 spiro atoms. The van der Waals surface area contributed by atoms with Crippen LogP contribution in [-0.2, 0) is 0 Å². The summed E-state index contributed by atoms with van der Waals surface area (Å²) in [4.78, 5) is 0. The smallest absolute Gasteiger partial charge is 0.138 e. The van der Waals surface area contributed by atoms with Gasteiger partial charge in [0.25, 0.3) is 0 Å². The van der Waals surface area contributed by atoms with Gasteiger partial charge in [-0.2, -0.15) is 5.10 Å². The number of hydrogen-bond acceptors (Lipinski definition) is 2. The maximum Gasteiger partial charge on any atom is 0.138 e. The zero-order valence-corrected chi connectivity index (χ0v) is 13.7. The van der Waals surface area contributed by atoms with E-state index in [0.717, 1.165) is 12.9 Å². The van der Waals surface area contributed by atoms with Crippen molar-refractivity contribution in [1.29, 1.82) is 0 Å². The Hall–Kier alpha value is -0.920. The molecule has 19 heavy (non-hydrogen) atoms. The minimum atomic E-state index is 0.500. The summed E-state index contributed by atoms with van der Waals surface area (Å²) < 4.78 is 0. The Morgan fingerprint density at radius 2 is 1.79 bits per heavy atom. The summed E-state index contributed by atoms with van der Waals surface area (Å²) in [6.07, 6.45) is 0. The summed E-state index contributed by atoms with van der Waals surface area (Å²) in [5.41, 5.74) is 12.6. The van der Waals surface area contributed by atoms with Gasteiger partial charge in [0.15, 0.2) is 0 Å². The van der Waals surface area contributed by atoms with Crippen LogP contribution in [0.2, 0.25) is 0 Å². The minimum absolute atomic E-state index is 0.500. The van der Waals surface area contributed by atoms with Crippen molar-refractivity contribution in [3.05, 3.63) is 11.1 Å². The second-order valence-corrected chi connectivity index (χ2v) is 5.82. The number of rotatable bonds is 4. The Morgan fingerprint density at radius 1 is 1.21 bits per heavy atom. The highest BCUT2D eigenvalue weighted by Gasteiger charge is 2.18. The van der Waals surface area contributed by atoms with Gasteiger partial charge in [-0.05, 0) is 33.3 Å². The Bertz CT molecular complexity index is 509. The van der Waals surface area contributed by atoms with E-state index in [2.05, 4.69) is 55.4 Å². The monoisotopic (exact) mass is 248 g/mol. The molecule has 0 amide bonds. The second kappa shape index (κ2) is 6.49. The second-order valence-electron chi connectivity index (χ2n) is 5.82.